The van der Waals surface area contributed by atoms with Crippen molar-refractivity contribution in [2.24, 2.45) is 0 Å². The van der Waals surface area contributed by atoms with Crippen molar-refractivity contribution in [2.45, 2.75) is 39.3 Å². The van der Waals surface area contributed by atoms with Gasteiger partial charge in [-0.15, -0.1) is 0 Å². The number of carbonyl (C=O) groups is 3. The minimum atomic E-state index is -1.24. The van der Waals surface area contributed by atoms with Crippen LogP contribution in [0.2, 0.25) is 0 Å². The number of aliphatic carboxylic acids is 1. The fourth-order valence-electron chi connectivity index (χ4n) is 2.16. The van der Waals surface area contributed by atoms with Crippen molar-refractivity contribution in [1.29, 1.82) is 0 Å². The smallest absolute Gasteiger partial charge is 0.331 e. The molecule has 2 rings (SSSR count). The predicted octanol–water partition coefficient (Wildman–Crippen LogP) is 2.48. The van der Waals surface area contributed by atoms with Crippen molar-refractivity contribution in [2.75, 3.05) is 10.6 Å². The van der Waals surface area contributed by atoms with E-state index in [1.165, 1.54) is 30.9 Å². The van der Waals surface area contributed by atoms with Crippen LogP contribution >= 0.6 is 0 Å². The third-order valence-corrected chi connectivity index (χ3v) is 3.74. The van der Waals surface area contributed by atoms with Gasteiger partial charge in [-0.05, 0) is 45.9 Å². The second-order valence-electron chi connectivity index (χ2n) is 6.83. The zero-order chi connectivity index (χ0) is 20.2. The lowest BCUT2D eigenvalue weighted by Gasteiger charge is -2.19. The molecule has 0 bridgehead atoms. The van der Waals surface area contributed by atoms with Gasteiger partial charge in [-0.3, -0.25) is 9.48 Å². The molecule has 0 aliphatic rings. The molecule has 1 aromatic carbocycles. The van der Waals surface area contributed by atoms with Gasteiger partial charge in [0.2, 0.25) is 0 Å². The van der Waals surface area contributed by atoms with Gasteiger partial charge in [0.05, 0.1) is 11.9 Å². The lowest BCUT2D eigenvalue weighted by Crippen LogP contribution is -2.35. The number of anilines is 2. The highest BCUT2D eigenvalue weighted by atomic mass is 16.4. The molecule has 0 atom stereocenters. The first-order valence-corrected chi connectivity index (χ1v) is 8.37. The average Bonchev–Trinajstić information content (AvgIpc) is 3.03. The van der Waals surface area contributed by atoms with E-state index in [0.717, 1.165) is 0 Å². The maximum Gasteiger partial charge on any atom is 0.331 e. The van der Waals surface area contributed by atoms with E-state index in [0.29, 0.717) is 16.9 Å². The molecule has 0 spiro atoms. The molecule has 0 aliphatic heterocycles. The molecule has 9 heteroatoms. The minimum Gasteiger partial charge on any atom is -0.479 e. The molecule has 144 valence electrons. The Morgan fingerprint density at radius 2 is 1.85 bits per heavy atom. The quantitative estimate of drug-likeness (QED) is 0.619. The van der Waals surface area contributed by atoms with Crippen LogP contribution in [0.1, 0.15) is 38.1 Å². The van der Waals surface area contributed by atoms with Crippen molar-refractivity contribution < 1.29 is 19.5 Å². The molecule has 0 saturated heterocycles. The molecule has 4 N–H and O–H groups in total. The molecule has 0 fully saturated rings. The van der Waals surface area contributed by atoms with Gasteiger partial charge in [0.25, 0.3) is 5.91 Å². The summed E-state index contributed by atoms with van der Waals surface area (Å²) in [6.07, 6.45) is 2.82. The van der Waals surface area contributed by atoms with Gasteiger partial charge >= 0.3 is 12.0 Å². The molecule has 0 radical (unpaired) electrons. The third kappa shape index (κ3) is 5.06. The van der Waals surface area contributed by atoms with Gasteiger partial charge in [-0.2, -0.15) is 5.10 Å². The topological polar surface area (TPSA) is 125 Å². The summed E-state index contributed by atoms with van der Waals surface area (Å²) in [7, 11) is 0. The summed E-state index contributed by atoms with van der Waals surface area (Å²) in [5.74, 6) is -1.45. The normalized spacial score (nSPS) is 11.1. The van der Waals surface area contributed by atoms with E-state index in [1.807, 2.05) is 13.8 Å². The van der Waals surface area contributed by atoms with Crippen LogP contribution in [0.5, 0.6) is 0 Å². The lowest BCUT2D eigenvalue weighted by atomic mass is 10.1. The summed E-state index contributed by atoms with van der Waals surface area (Å²) in [5, 5.41) is 21.2. The fourth-order valence-corrected chi connectivity index (χ4v) is 2.16. The Morgan fingerprint density at radius 3 is 2.48 bits per heavy atom. The number of benzene rings is 1. The highest BCUT2D eigenvalue weighted by Crippen LogP contribution is 2.18. The van der Waals surface area contributed by atoms with Crippen LogP contribution < -0.4 is 16.0 Å². The van der Waals surface area contributed by atoms with Crippen molar-refractivity contribution in [3.05, 3.63) is 42.2 Å². The molecular formula is C18H23N5O4. The largest absolute Gasteiger partial charge is 0.479 e. The number of urea groups is 1. The molecule has 3 amide bonds. The van der Waals surface area contributed by atoms with Crippen LogP contribution in [0.15, 0.2) is 36.7 Å². The van der Waals surface area contributed by atoms with Crippen molar-refractivity contribution >= 4 is 29.3 Å². The number of hydrogen-bond donors (Lipinski definition) is 4. The van der Waals surface area contributed by atoms with Crippen molar-refractivity contribution in [3.63, 3.8) is 0 Å². The number of aromatic nitrogens is 2. The van der Waals surface area contributed by atoms with Gasteiger partial charge < -0.3 is 21.1 Å². The molecule has 27 heavy (non-hydrogen) atoms. The van der Waals surface area contributed by atoms with Gasteiger partial charge in [0.1, 0.15) is 0 Å². The van der Waals surface area contributed by atoms with Crippen LogP contribution in [0.3, 0.4) is 0 Å². The summed E-state index contributed by atoms with van der Waals surface area (Å²) < 4.78 is 1.26. The Kier molecular flexibility index (Phi) is 5.84. The van der Waals surface area contributed by atoms with Crippen molar-refractivity contribution in [1.82, 2.24) is 15.1 Å². The SMILES string of the molecule is CC(C)NC(=O)Nc1cccc(C(=O)Nc2cnn(C(C)(C)C(=O)O)c2)c1. The summed E-state index contributed by atoms with van der Waals surface area (Å²) in [4.78, 5) is 35.5. The number of carbonyl (C=O) groups excluding carboxylic acids is 2. The van der Waals surface area contributed by atoms with Crippen LogP contribution in [-0.2, 0) is 10.3 Å². The summed E-state index contributed by atoms with van der Waals surface area (Å²) >= 11 is 0. The van der Waals surface area contributed by atoms with E-state index in [2.05, 4.69) is 21.0 Å². The van der Waals surface area contributed by atoms with Gasteiger partial charge in [-0.1, -0.05) is 6.07 Å². The molecule has 0 unspecified atom stereocenters. The van der Waals surface area contributed by atoms with E-state index in [-0.39, 0.29) is 12.1 Å². The zero-order valence-electron chi connectivity index (χ0n) is 15.6. The van der Waals surface area contributed by atoms with Crippen LogP contribution in [-0.4, -0.2) is 38.8 Å². The Hall–Kier alpha value is -3.36. The maximum absolute atomic E-state index is 12.4. The molecular weight excluding hydrogens is 350 g/mol. The first kappa shape index (κ1) is 20.0. The fraction of sp³-hybridized carbons (Fsp3) is 0.333. The number of nitrogens with zero attached hydrogens (tertiary/aromatic N) is 2. The highest BCUT2D eigenvalue weighted by molar-refractivity contribution is 6.05. The first-order chi connectivity index (χ1) is 12.6. The summed E-state index contributed by atoms with van der Waals surface area (Å²) in [5.41, 5.74) is -0.0623. The molecule has 0 saturated carbocycles. The summed E-state index contributed by atoms with van der Waals surface area (Å²) in [6, 6.07) is 6.09. The number of rotatable bonds is 6. The number of nitrogens with one attached hydrogen (secondary N) is 3. The standard InChI is InChI=1S/C18H23N5O4/c1-11(2)20-17(27)22-13-7-5-6-12(8-13)15(24)21-14-9-19-23(10-14)18(3,4)16(25)26/h5-11H,1-4H3,(H,21,24)(H,25,26)(H2,20,22,27). The highest BCUT2D eigenvalue weighted by Gasteiger charge is 2.30. The van der Waals surface area contributed by atoms with E-state index >= 15 is 0 Å². The second kappa shape index (κ2) is 7.90. The molecule has 1 aromatic heterocycles. The number of hydrogen-bond acceptors (Lipinski definition) is 4. The van der Waals surface area contributed by atoms with Crippen LogP contribution in [0, 0.1) is 0 Å². The van der Waals surface area contributed by atoms with E-state index < -0.39 is 17.4 Å². The number of carboxylic acids is 1. The van der Waals surface area contributed by atoms with Crippen LogP contribution in [0.4, 0.5) is 16.2 Å². The molecule has 9 nitrogen and oxygen atoms in total. The van der Waals surface area contributed by atoms with E-state index in [1.54, 1.807) is 24.3 Å². The predicted molar refractivity (Wildman–Crippen MR) is 101 cm³/mol. The van der Waals surface area contributed by atoms with Crippen LogP contribution in [0.25, 0.3) is 0 Å². The first-order valence-electron chi connectivity index (χ1n) is 8.37. The molecule has 1 heterocycles. The average molecular weight is 373 g/mol. The molecule has 0 aliphatic carbocycles. The summed E-state index contributed by atoms with van der Waals surface area (Å²) in [6.45, 7) is 6.70. The van der Waals surface area contributed by atoms with Gasteiger partial charge in [0.15, 0.2) is 5.54 Å². The van der Waals surface area contributed by atoms with E-state index in [4.69, 9.17) is 0 Å². The van der Waals surface area contributed by atoms with Crippen molar-refractivity contribution in [3.8, 4) is 0 Å². The Labute approximate surface area is 156 Å². The van der Waals surface area contributed by atoms with Gasteiger partial charge in [-0.25, -0.2) is 9.59 Å². The van der Waals surface area contributed by atoms with E-state index in [9.17, 15) is 19.5 Å². The maximum atomic E-state index is 12.4. The number of carboxylic acid groups (broad SMARTS) is 1. The molecule has 2 aromatic rings. The monoisotopic (exact) mass is 373 g/mol. The second-order valence-corrected chi connectivity index (χ2v) is 6.83. The zero-order valence-corrected chi connectivity index (χ0v) is 15.6. The Balaban J connectivity index is 2.09. The van der Waals surface area contributed by atoms with Gasteiger partial charge in [0, 0.05) is 23.5 Å². The lowest BCUT2D eigenvalue weighted by molar-refractivity contribution is -0.146. The Bertz CT molecular complexity index is 857. The third-order valence-electron chi connectivity index (χ3n) is 3.74. The minimum absolute atomic E-state index is 0.0110. The number of amides is 3. The Morgan fingerprint density at radius 1 is 1.15 bits per heavy atom.